The largest absolute Gasteiger partial charge is 0.463 e. The first-order valence-electron chi connectivity index (χ1n) is 23.1. The summed E-state index contributed by atoms with van der Waals surface area (Å²) in [5.74, 6) is 2.63. The quantitative estimate of drug-likeness (QED) is 0.236. The molecular formula is C48H73NO8. The summed E-state index contributed by atoms with van der Waals surface area (Å²) in [7, 11) is 0. The van der Waals surface area contributed by atoms with Gasteiger partial charge in [0.15, 0.2) is 5.78 Å². The molecule has 1 heterocycles. The third-order valence-corrected chi connectivity index (χ3v) is 19.8. The number of ether oxygens (including phenoxy) is 2. The molecule has 0 radical (unpaired) electrons. The van der Waals surface area contributed by atoms with Gasteiger partial charge in [0.1, 0.15) is 18.8 Å². The zero-order valence-electron chi connectivity index (χ0n) is 35.9. The number of ketones is 1. The summed E-state index contributed by atoms with van der Waals surface area (Å²) in [6.07, 6.45) is 23.4. The van der Waals surface area contributed by atoms with Crippen LogP contribution in [0.4, 0.5) is 0 Å². The molecule has 0 spiro atoms. The molecule has 9 rings (SSSR count). The fraction of sp³-hybridized carbons (Fsp3) is 0.875. The van der Waals surface area contributed by atoms with E-state index >= 15 is 0 Å². The molecule has 9 heteroatoms. The molecule has 0 amide bonds. The summed E-state index contributed by atoms with van der Waals surface area (Å²) in [6, 6.07) is 0. The number of fused-ring (bicyclic) bond motifs is 10. The fourth-order valence-electron chi connectivity index (χ4n) is 16.8. The molecule has 4 unspecified atom stereocenters. The van der Waals surface area contributed by atoms with Crippen LogP contribution in [0, 0.1) is 69.0 Å². The van der Waals surface area contributed by atoms with Gasteiger partial charge >= 0.3 is 11.9 Å². The molecule has 0 bridgehead atoms. The second kappa shape index (κ2) is 14.8. The summed E-state index contributed by atoms with van der Waals surface area (Å²) in [6.45, 7) is 12.0. The number of aliphatic hydroxyl groups excluding tert-OH is 1. The van der Waals surface area contributed by atoms with Gasteiger partial charge in [0.2, 0.25) is 0 Å². The highest BCUT2D eigenvalue weighted by Crippen LogP contribution is 2.71. The Morgan fingerprint density at radius 2 is 1.16 bits per heavy atom. The van der Waals surface area contributed by atoms with Crippen molar-refractivity contribution in [2.75, 3.05) is 6.61 Å². The lowest BCUT2D eigenvalue weighted by atomic mass is 9.43. The maximum Gasteiger partial charge on any atom is 0.302 e. The molecule has 8 aliphatic carbocycles. The molecular weight excluding hydrogens is 719 g/mol. The Hall–Kier alpha value is -2.10. The molecule has 57 heavy (non-hydrogen) atoms. The second-order valence-corrected chi connectivity index (χ2v) is 21.7. The molecule has 318 valence electrons. The SMILES string of the molecule is CC(=O)O[C@H]1CC[C@]2(C)C3CC[C@]4(C)[C@@H](C(=O)CO)CC[C@]4(O)C3CC[C@@H]2C1.CC(=O)O[C@H]1CC[C@]2(C)C3CC[C@]4(C)[C@@H](C5=CCC=N5)CC[C@]4(O)C3CC[C@@H]2C1. The van der Waals surface area contributed by atoms with E-state index in [0.717, 1.165) is 96.3 Å². The Labute approximate surface area is 341 Å². The van der Waals surface area contributed by atoms with E-state index < -0.39 is 23.2 Å². The smallest absolute Gasteiger partial charge is 0.302 e. The monoisotopic (exact) mass is 792 g/mol. The Morgan fingerprint density at radius 1 is 0.649 bits per heavy atom. The van der Waals surface area contributed by atoms with E-state index in [2.05, 4.69) is 38.8 Å². The van der Waals surface area contributed by atoms with Gasteiger partial charge in [-0.05, 0) is 162 Å². The average Bonchev–Trinajstić information content (AvgIpc) is 3.86. The molecule has 3 N–H and O–H groups in total. The number of hydrogen-bond donors (Lipinski definition) is 3. The summed E-state index contributed by atoms with van der Waals surface area (Å²) in [4.78, 5) is 39.9. The zero-order valence-corrected chi connectivity index (χ0v) is 35.9. The number of aliphatic hydroxyl groups is 3. The number of aliphatic imine (C=N–C) groups is 1. The van der Waals surface area contributed by atoms with Gasteiger partial charge in [0.25, 0.3) is 0 Å². The van der Waals surface area contributed by atoms with E-state index in [0.29, 0.717) is 48.3 Å². The van der Waals surface area contributed by atoms with Gasteiger partial charge in [-0.3, -0.25) is 19.4 Å². The van der Waals surface area contributed by atoms with Crippen LogP contribution >= 0.6 is 0 Å². The molecule has 0 aromatic carbocycles. The van der Waals surface area contributed by atoms with E-state index in [4.69, 9.17) is 9.47 Å². The number of rotatable bonds is 5. The van der Waals surface area contributed by atoms with E-state index in [1.54, 1.807) is 0 Å². The topological polar surface area (TPSA) is 143 Å². The first kappa shape index (κ1) is 41.6. The highest BCUT2D eigenvalue weighted by atomic mass is 16.5. The number of carbonyl (C=O) groups excluding carboxylic acids is 3. The molecule has 0 aromatic heterocycles. The van der Waals surface area contributed by atoms with E-state index in [1.807, 2.05) is 6.21 Å². The van der Waals surface area contributed by atoms with E-state index in [1.165, 1.54) is 32.4 Å². The first-order valence-corrected chi connectivity index (χ1v) is 23.1. The summed E-state index contributed by atoms with van der Waals surface area (Å²) >= 11 is 0. The third-order valence-electron chi connectivity index (χ3n) is 19.8. The van der Waals surface area contributed by atoms with Crippen LogP contribution in [0.15, 0.2) is 16.8 Å². The van der Waals surface area contributed by atoms with Gasteiger partial charge in [-0.2, -0.15) is 0 Å². The van der Waals surface area contributed by atoms with Gasteiger partial charge in [-0.1, -0.05) is 33.8 Å². The van der Waals surface area contributed by atoms with Crippen LogP contribution in [-0.4, -0.2) is 69.3 Å². The lowest BCUT2D eigenvalue weighted by Gasteiger charge is -2.63. The normalized spacial score (nSPS) is 50.6. The molecule has 9 nitrogen and oxygen atoms in total. The Bertz CT molecular complexity index is 1660. The van der Waals surface area contributed by atoms with Gasteiger partial charge < -0.3 is 24.8 Å². The van der Waals surface area contributed by atoms with E-state index in [9.17, 15) is 29.7 Å². The van der Waals surface area contributed by atoms with Crippen LogP contribution < -0.4 is 0 Å². The Balaban J connectivity index is 0.000000160. The molecule has 9 aliphatic rings. The molecule has 8 saturated carbocycles. The molecule has 16 atom stereocenters. The minimum absolute atomic E-state index is 0.0418. The van der Waals surface area contributed by atoms with Crippen molar-refractivity contribution in [3.8, 4) is 0 Å². The van der Waals surface area contributed by atoms with Gasteiger partial charge in [-0.25, -0.2) is 0 Å². The van der Waals surface area contributed by atoms with Crippen LogP contribution in [-0.2, 0) is 23.9 Å². The molecule has 0 aromatic rings. The first-order chi connectivity index (χ1) is 26.9. The number of nitrogens with zero attached hydrogens (tertiary/aromatic N) is 1. The van der Waals surface area contributed by atoms with Crippen molar-refractivity contribution >= 4 is 23.9 Å². The van der Waals surface area contributed by atoms with E-state index in [-0.39, 0.29) is 58.0 Å². The average molecular weight is 792 g/mol. The highest BCUT2D eigenvalue weighted by Gasteiger charge is 2.69. The fourth-order valence-corrected chi connectivity index (χ4v) is 16.8. The van der Waals surface area contributed by atoms with Crippen LogP contribution in [0.1, 0.15) is 164 Å². The van der Waals surface area contributed by atoms with Crippen LogP contribution in [0.2, 0.25) is 0 Å². The standard InChI is InChI=1S/C25H37NO3.C23H36O5/c1-16(27)29-18-8-11-23(2)17(15-18)6-7-20-19(23)9-12-24(3)21(10-13-25(20,24)28)22-5-4-14-26-22;1-14(25)28-16-6-9-21(2)15(12-16)4-5-18-17(21)7-10-22(3)19(20(26)13-24)8-11-23(18,22)27/h5,14,17-21,28H,4,6-13,15H2,1-3H3;15-19,24,27H,4-13H2,1-3H3/t17-,18+,19?,20?,21-,23+,24-,25+;15-,16+,17?,18?,19-,21+,22-,23+/m11/s1. The minimum Gasteiger partial charge on any atom is -0.463 e. The molecule has 1 aliphatic heterocycles. The number of carbonyl (C=O) groups is 3. The number of Topliss-reactive ketones (excluding diaryl/α,β-unsaturated/α-hetero) is 1. The number of esters is 2. The Kier molecular flexibility index (Phi) is 10.8. The molecule has 0 saturated heterocycles. The predicted octanol–water partition coefficient (Wildman–Crippen LogP) is 8.30. The number of allylic oxidation sites excluding steroid dienone is 2. The lowest BCUT2D eigenvalue weighted by Crippen LogP contribution is -2.62. The summed E-state index contributed by atoms with van der Waals surface area (Å²) in [5.41, 5.74) is -0.114. The summed E-state index contributed by atoms with van der Waals surface area (Å²) in [5, 5.41) is 33.6. The minimum atomic E-state index is -0.799. The second-order valence-electron chi connectivity index (χ2n) is 21.7. The van der Waals surface area contributed by atoms with Gasteiger partial charge in [0.05, 0.1) is 11.2 Å². The third kappa shape index (κ3) is 6.38. The van der Waals surface area contributed by atoms with Crippen molar-refractivity contribution in [3.05, 3.63) is 11.8 Å². The van der Waals surface area contributed by atoms with Crippen molar-refractivity contribution in [3.63, 3.8) is 0 Å². The zero-order chi connectivity index (χ0) is 40.8. The van der Waals surface area contributed by atoms with Crippen molar-refractivity contribution < 1.29 is 39.2 Å². The highest BCUT2D eigenvalue weighted by molar-refractivity contribution is 5.83. The molecule has 8 fully saturated rings. The lowest BCUT2D eigenvalue weighted by molar-refractivity contribution is -0.212. The van der Waals surface area contributed by atoms with Gasteiger partial charge in [0, 0.05) is 54.8 Å². The van der Waals surface area contributed by atoms with Gasteiger partial charge in [-0.15, -0.1) is 0 Å². The maximum absolute atomic E-state index is 12.4. The van der Waals surface area contributed by atoms with Crippen molar-refractivity contribution in [1.29, 1.82) is 0 Å². The maximum atomic E-state index is 12.4. The predicted molar refractivity (Wildman–Crippen MR) is 218 cm³/mol. The Morgan fingerprint density at radius 3 is 1.65 bits per heavy atom. The summed E-state index contributed by atoms with van der Waals surface area (Å²) < 4.78 is 11.1. The van der Waals surface area contributed by atoms with Crippen molar-refractivity contribution in [2.45, 2.75) is 187 Å². The van der Waals surface area contributed by atoms with Crippen molar-refractivity contribution in [1.82, 2.24) is 0 Å². The van der Waals surface area contributed by atoms with Crippen molar-refractivity contribution in [2.24, 2.45) is 74.0 Å². The van der Waals surface area contributed by atoms with Crippen LogP contribution in [0.3, 0.4) is 0 Å². The number of hydrogen-bond acceptors (Lipinski definition) is 9. The van der Waals surface area contributed by atoms with Crippen LogP contribution in [0.25, 0.3) is 0 Å². The van der Waals surface area contributed by atoms with Crippen LogP contribution in [0.5, 0.6) is 0 Å².